The van der Waals surface area contributed by atoms with Crippen LogP contribution in [0.5, 0.6) is 0 Å². The van der Waals surface area contributed by atoms with E-state index >= 15 is 0 Å². The molecule has 1 atom stereocenters. The molecule has 1 amide bonds. The number of halogens is 1. The fourth-order valence-corrected chi connectivity index (χ4v) is 4.49. The van der Waals surface area contributed by atoms with Crippen LogP contribution in [-0.2, 0) is 4.79 Å². The molecule has 2 nitrogen and oxygen atoms in total. The average molecular weight is 296 g/mol. The Bertz CT molecular complexity index is 473. The highest BCUT2D eigenvalue weighted by molar-refractivity contribution is 7.99. The number of benzene rings is 1. The van der Waals surface area contributed by atoms with Crippen molar-refractivity contribution in [3.05, 3.63) is 34.9 Å². The lowest BCUT2D eigenvalue weighted by atomic mass is 10.1. The third-order valence-corrected chi connectivity index (χ3v) is 5.51. The standard InChI is InChI=1S/C15H18ClNOS/c16-13-7-3-6-12(10-13)15-17(8-9-19-15)14(18)11-4-1-2-5-11/h3,6-7,10-11,15H,1-2,4-5,8-9H2/t15-/m0/s1. The molecule has 0 spiro atoms. The molecule has 1 aromatic carbocycles. The predicted octanol–water partition coefficient (Wildman–Crippen LogP) is 4.10. The van der Waals surface area contributed by atoms with Crippen molar-refractivity contribution in [2.24, 2.45) is 5.92 Å². The zero-order chi connectivity index (χ0) is 13.2. The molecular formula is C15H18ClNOS. The fraction of sp³-hybridized carbons (Fsp3) is 0.533. The monoisotopic (exact) mass is 295 g/mol. The second kappa shape index (κ2) is 5.76. The summed E-state index contributed by atoms with van der Waals surface area (Å²) in [7, 11) is 0. The largest absolute Gasteiger partial charge is 0.325 e. The van der Waals surface area contributed by atoms with Gasteiger partial charge in [0, 0.05) is 23.2 Å². The van der Waals surface area contributed by atoms with Gasteiger partial charge in [-0.15, -0.1) is 11.8 Å². The second-order valence-corrected chi connectivity index (χ2v) is 6.92. The molecule has 1 heterocycles. The van der Waals surface area contributed by atoms with Gasteiger partial charge in [-0.2, -0.15) is 0 Å². The van der Waals surface area contributed by atoms with Crippen molar-refractivity contribution in [1.29, 1.82) is 0 Å². The van der Waals surface area contributed by atoms with Crippen LogP contribution in [0, 0.1) is 5.92 Å². The number of amides is 1. The molecule has 2 fully saturated rings. The summed E-state index contributed by atoms with van der Waals surface area (Å²) in [6, 6.07) is 7.91. The molecule has 1 aliphatic carbocycles. The molecule has 0 radical (unpaired) electrons. The number of hydrogen-bond donors (Lipinski definition) is 0. The van der Waals surface area contributed by atoms with E-state index in [1.54, 1.807) is 0 Å². The molecule has 19 heavy (non-hydrogen) atoms. The quantitative estimate of drug-likeness (QED) is 0.818. The Labute approximate surface area is 123 Å². The average Bonchev–Trinajstić information content (AvgIpc) is 3.09. The minimum absolute atomic E-state index is 0.159. The predicted molar refractivity (Wildman–Crippen MR) is 80.3 cm³/mol. The Morgan fingerprint density at radius 3 is 2.84 bits per heavy atom. The fourth-order valence-electron chi connectivity index (χ4n) is 3.04. The SMILES string of the molecule is O=C(C1CCCC1)N1CCS[C@H]1c1cccc(Cl)c1. The highest BCUT2D eigenvalue weighted by Gasteiger charge is 2.35. The van der Waals surface area contributed by atoms with E-state index in [0.29, 0.717) is 5.91 Å². The Morgan fingerprint density at radius 1 is 1.32 bits per heavy atom. The molecule has 0 bridgehead atoms. The molecule has 4 heteroatoms. The van der Waals surface area contributed by atoms with Crippen molar-refractivity contribution in [2.75, 3.05) is 12.3 Å². The van der Waals surface area contributed by atoms with Gasteiger partial charge in [-0.05, 0) is 30.5 Å². The Kier molecular flexibility index (Phi) is 4.04. The first-order chi connectivity index (χ1) is 9.25. The van der Waals surface area contributed by atoms with E-state index in [9.17, 15) is 4.79 Å². The molecule has 0 aromatic heterocycles. The van der Waals surface area contributed by atoms with E-state index in [1.165, 1.54) is 12.8 Å². The summed E-state index contributed by atoms with van der Waals surface area (Å²) in [5.41, 5.74) is 1.15. The molecule has 3 rings (SSSR count). The van der Waals surface area contributed by atoms with Crippen LogP contribution < -0.4 is 0 Å². The van der Waals surface area contributed by atoms with E-state index in [1.807, 2.05) is 30.0 Å². The Hall–Kier alpha value is -0.670. The lowest BCUT2D eigenvalue weighted by molar-refractivity contribution is -0.135. The van der Waals surface area contributed by atoms with Crippen LogP contribution in [0.25, 0.3) is 0 Å². The van der Waals surface area contributed by atoms with Gasteiger partial charge in [-0.3, -0.25) is 4.79 Å². The second-order valence-electron chi connectivity index (χ2n) is 5.29. The van der Waals surface area contributed by atoms with E-state index in [0.717, 1.165) is 35.7 Å². The van der Waals surface area contributed by atoms with Gasteiger partial charge in [-0.25, -0.2) is 0 Å². The van der Waals surface area contributed by atoms with Crippen molar-refractivity contribution < 1.29 is 4.79 Å². The summed E-state index contributed by atoms with van der Waals surface area (Å²) < 4.78 is 0. The van der Waals surface area contributed by atoms with Gasteiger partial charge in [-0.1, -0.05) is 36.6 Å². The minimum Gasteiger partial charge on any atom is -0.325 e. The van der Waals surface area contributed by atoms with Gasteiger partial charge >= 0.3 is 0 Å². The van der Waals surface area contributed by atoms with Gasteiger partial charge < -0.3 is 4.90 Å². The van der Waals surface area contributed by atoms with Crippen LogP contribution in [-0.4, -0.2) is 23.1 Å². The molecule has 1 saturated carbocycles. The first kappa shape index (κ1) is 13.3. The molecule has 1 aromatic rings. The van der Waals surface area contributed by atoms with Crippen LogP contribution in [0.2, 0.25) is 5.02 Å². The van der Waals surface area contributed by atoms with Gasteiger partial charge in [0.05, 0.1) is 0 Å². The molecule has 1 saturated heterocycles. The molecule has 0 unspecified atom stereocenters. The zero-order valence-corrected chi connectivity index (χ0v) is 12.4. The van der Waals surface area contributed by atoms with E-state index < -0.39 is 0 Å². The van der Waals surface area contributed by atoms with Crippen LogP contribution in [0.1, 0.15) is 36.6 Å². The first-order valence-corrected chi connectivity index (χ1v) is 8.36. The Balaban J connectivity index is 1.79. The van der Waals surface area contributed by atoms with E-state index in [-0.39, 0.29) is 11.3 Å². The summed E-state index contributed by atoms with van der Waals surface area (Å²) >= 11 is 7.91. The molecule has 0 N–H and O–H groups in total. The molecule has 1 aliphatic heterocycles. The summed E-state index contributed by atoms with van der Waals surface area (Å²) in [5, 5.41) is 0.907. The lowest BCUT2D eigenvalue weighted by Gasteiger charge is -2.27. The summed E-state index contributed by atoms with van der Waals surface area (Å²) in [6.45, 7) is 0.872. The topological polar surface area (TPSA) is 20.3 Å². The third kappa shape index (κ3) is 2.77. The van der Waals surface area contributed by atoms with Gasteiger partial charge in [0.25, 0.3) is 0 Å². The zero-order valence-electron chi connectivity index (χ0n) is 10.8. The maximum Gasteiger partial charge on any atom is 0.226 e. The number of thioether (sulfide) groups is 1. The van der Waals surface area contributed by atoms with Crippen molar-refractivity contribution >= 4 is 29.3 Å². The summed E-state index contributed by atoms with van der Waals surface area (Å²) in [5.74, 6) is 1.64. The number of rotatable bonds is 2. The minimum atomic E-state index is 0.159. The van der Waals surface area contributed by atoms with Gasteiger partial charge in [0.1, 0.15) is 5.37 Å². The van der Waals surface area contributed by atoms with Crippen LogP contribution in [0.3, 0.4) is 0 Å². The first-order valence-electron chi connectivity index (χ1n) is 6.93. The number of nitrogens with zero attached hydrogens (tertiary/aromatic N) is 1. The van der Waals surface area contributed by atoms with Crippen LogP contribution in [0.4, 0.5) is 0 Å². The van der Waals surface area contributed by atoms with Crippen molar-refractivity contribution in [2.45, 2.75) is 31.1 Å². The molecular weight excluding hydrogens is 278 g/mol. The van der Waals surface area contributed by atoms with Crippen molar-refractivity contribution in [1.82, 2.24) is 4.90 Å². The number of hydrogen-bond acceptors (Lipinski definition) is 2. The van der Waals surface area contributed by atoms with E-state index in [2.05, 4.69) is 11.0 Å². The number of carbonyl (C=O) groups excluding carboxylic acids is 1. The van der Waals surface area contributed by atoms with E-state index in [4.69, 9.17) is 11.6 Å². The van der Waals surface area contributed by atoms with Crippen LogP contribution >= 0.6 is 23.4 Å². The molecule has 102 valence electrons. The molecule has 2 aliphatic rings. The Morgan fingerprint density at radius 2 is 2.11 bits per heavy atom. The van der Waals surface area contributed by atoms with Crippen molar-refractivity contribution in [3.63, 3.8) is 0 Å². The summed E-state index contributed by atoms with van der Waals surface area (Å²) in [4.78, 5) is 14.7. The van der Waals surface area contributed by atoms with Crippen LogP contribution in [0.15, 0.2) is 24.3 Å². The lowest BCUT2D eigenvalue weighted by Crippen LogP contribution is -2.34. The highest BCUT2D eigenvalue weighted by Crippen LogP contribution is 2.40. The van der Waals surface area contributed by atoms with Crippen molar-refractivity contribution in [3.8, 4) is 0 Å². The maximum atomic E-state index is 12.6. The highest BCUT2D eigenvalue weighted by atomic mass is 35.5. The normalized spacial score (nSPS) is 24.1. The van der Waals surface area contributed by atoms with Gasteiger partial charge in [0.15, 0.2) is 0 Å². The van der Waals surface area contributed by atoms with Gasteiger partial charge in [0.2, 0.25) is 5.91 Å². The maximum absolute atomic E-state index is 12.6. The smallest absolute Gasteiger partial charge is 0.226 e. The third-order valence-electron chi connectivity index (χ3n) is 4.01. The summed E-state index contributed by atoms with van der Waals surface area (Å²) in [6.07, 6.45) is 4.56. The number of carbonyl (C=O) groups is 1.